The third-order valence-electron chi connectivity index (χ3n) is 12.0. The Morgan fingerprint density at radius 3 is 1.69 bits per heavy atom. The number of rotatable bonds is 32. The van der Waals surface area contributed by atoms with Crippen LogP contribution in [0.2, 0.25) is 0 Å². The normalized spacial score (nSPS) is 14.7. The van der Waals surface area contributed by atoms with Crippen molar-refractivity contribution < 1.29 is 68.1 Å². The molecule has 26 heteroatoms. The summed E-state index contributed by atoms with van der Waals surface area (Å²) >= 11 is 4.62. The number of carboxylic acids is 3. The molecule has 3 aromatic rings. The Bertz CT molecular complexity index is 2480. The second-order valence-corrected chi connectivity index (χ2v) is 18.6. The van der Waals surface area contributed by atoms with E-state index < -0.39 is 139 Å². The van der Waals surface area contributed by atoms with Gasteiger partial charge in [0.15, 0.2) is 0 Å². The number of carbonyl (C=O) groups excluding carboxylic acids is 8. The lowest BCUT2D eigenvalue weighted by Gasteiger charge is -2.31. The summed E-state index contributed by atoms with van der Waals surface area (Å²) in [5.74, 6) is -13.4. The van der Waals surface area contributed by atoms with E-state index in [-0.39, 0.29) is 43.7 Å². The summed E-state index contributed by atoms with van der Waals surface area (Å²) in [6.07, 6.45) is 2.32. The number of fused-ring (bicyclic) bond motifs is 1. The van der Waals surface area contributed by atoms with Gasteiger partial charge in [-0.25, -0.2) is 9.78 Å². The van der Waals surface area contributed by atoms with Crippen molar-refractivity contribution in [3.63, 3.8) is 0 Å². The molecule has 25 nitrogen and oxygen atoms in total. The van der Waals surface area contributed by atoms with E-state index in [4.69, 9.17) is 0 Å². The van der Waals surface area contributed by atoms with E-state index in [0.717, 1.165) is 16.3 Å². The molecule has 0 saturated heterocycles. The van der Waals surface area contributed by atoms with Crippen LogP contribution in [-0.4, -0.2) is 150 Å². The Balaban J connectivity index is 1.85. The second kappa shape index (κ2) is 29.7. The first-order valence-electron chi connectivity index (χ1n) is 24.0. The third-order valence-corrected chi connectivity index (χ3v) is 12.2. The third kappa shape index (κ3) is 19.3. The summed E-state index contributed by atoms with van der Waals surface area (Å²) in [5, 5.41) is 50.9. The van der Waals surface area contributed by atoms with Crippen LogP contribution >= 0.6 is 12.2 Å². The molecule has 2 heterocycles. The zero-order chi connectivity index (χ0) is 55.2. The standard InChI is InChI=1S/C48H67N11O14S/c1-7-25(5)40(46(70)57-35(48(72)73)16-27-20-50-30-12-10-9-11-29(27)30)59-47(71)41(26(6)8-2)58-45(69)34(19-39(64)65)56-42(66)31(15-24(3)4)54-43(67)32(17-28-21-49-23-52-28)55-44(68)33(18-38(62)63)53-37(61)22-51-36(60)13-14-74/h9-12,14,20-21,23-26,31-35,40-41,50H,7-8,13,15-19,22H2,1-6H3,(H,49,52)(H,51,60)(H,53,61)(H,54,67)(H,55,68)(H,56,66)(H,57,70)(H,58,69)(H,59,71)(H,62,63)(H,64,65)(H,72,73)/t25-,26-,31-,32-,33-,34-,35-,40-,41-/m0/s1. The maximum absolute atomic E-state index is 14.1. The number of aliphatic carboxylic acids is 3. The summed E-state index contributed by atoms with van der Waals surface area (Å²) in [7, 11) is 0. The van der Waals surface area contributed by atoms with E-state index in [1.165, 1.54) is 12.5 Å². The van der Waals surface area contributed by atoms with Crippen LogP contribution in [0.15, 0.2) is 43.0 Å². The molecule has 13 N–H and O–H groups in total. The zero-order valence-electron chi connectivity index (χ0n) is 41.9. The molecule has 8 amide bonds. The van der Waals surface area contributed by atoms with Gasteiger partial charge in [-0.15, -0.1) is 0 Å². The Kier molecular flexibility index (Phi) is 24.3. The van der Waals surface area contributed by atoms with Crippen LogP contribution < -0.4 is 42.5 Å². The van der Waals surface area contributed by atoms with E-state index in [0.29, 0.717) is 12.0 Å². The molecule has 0 aliphatic carbocycles. The minimum Gasteiger partial charge on any atom is -0.481 e. The molecule has 0 fully saturated rings. The molecule has 0 bridgehead atoms. The molecule has 1 aromatic carbocycles. The number of nitrogens with zero attached hydrogens (tertiary/aromatic N) is 1. The lowest BCUT2D eigenvalue weighted by molar-refractivity contribution is -0.143. The summed E-state index contributed by atoms with van der Waals surface area (Å²) in [5.41, 5.74) is 1.63. The fourth-order valence-corrected chi connectivity index (χ4v) is 7.71. The van der Waals surface area contributed by atoms with E-state index in [2.05, 4.69) is 69.7 Å². The van der Waals surface area contributed by atoms with Gasteiger partial charge in [-0.05, 0) is 41.2 Å². The number of nitrogens with one attached hydrogen (secondary N) is 10. The highest BCUT2D eigenvalue weighted by Crippen LogP contribution is 2.20. The molecule has 0 aliphatic heterocycles. The Hall–Kier alpha value is -7.77. The van der Waals surface area contributed by atoms with Crippen LogP contribution in [0.5, 0.6) is 0 Å². The summed E-state index contributed by atoms with van der Waals surface area (Å²) < 4.78 is 0. The Morgan fingerprint density at radius 1 is 0.622 bits per heavy atom. The van der Waals surface area contributed by atoms with Gasteiger partial charge < -0.3 is 67.8 Å². The van der Waals surface area contributed by atoms with Crippen LogP contribution in [0, 0.1) is 17.8 Å². The number of benzene rings is 1. The topological polar surface area (TPSA) is 389 Å². The maximum Gasteiger partial charge on any atom is 0.326 e. The van der Waals surface area contributed by atoms with Crippen LogP contribution in [0.1, 0.15) is 91.3 Å². The molecular weight excluding hydrogens is 987 g/mol. The van der Waals surface area contributed by atoms with Crippen LogP contribution in [-0.2, 0) is 65.6 Å². The van der Waals surface area contributed by atoms with Gasteiger partial charge in [-0.2, -0.15) is 0 Å². The van der Waals surface area contributed by atoms with Gasteiger partial charge in [-0.3, -0.25) is 47.9 Å². The highest BCUT2D eigenvalue weighted by atomic mass is 32.1. The first-order chi connectivity index (χ1) is 35.0. The number of aromatic amines is 2. The van der Waals surface area contributed by atoms with Crippen molar-refractivity contribution in [3.05, 3.63) is 54.2 Å². The molecular formula is C48H67N11O14S. The molecule has 9 atom stereocenters. The van der Waals surface area contributed by atoms with Gasteiger partial charge >= 0.3 is 17.9 Å². The first kappa shape index (κ1) is 60.5. The molecule has 0 radical (unpaired) electrons. The number of aromatic nitrogens is 3. The quantitative estimate of drug-likeness (QED) is 0.0359. The van der Waals surface area contributed by atoms with Gasteiger partial charge in [0.2, 0.25) is 47.3 Å². The average Bonchev–Trinajstić information content (AvgIpc) is 4.02. The van der Waals surface area contributed by atoms with Crippen molar-refractivity contribution in [2.45, 2.75) is 135 Å². The first-order valence-corrected chi connectivity index (χ1v) is 24.5. The van der Waals surface area contributed by atoms with Crippen molar-refractivity contribution >= 4 is 93.7 Å². The smallest absolute Gasteiger partial charge is 0.326 e. The largest absolute Gasteiger partial charge is 0.481 e. The lowest BCUT2D eigenvalue weighted by atomic mass is 9.94. The molecule has 0 spiro atoms. The summed E-state index contributed by atoms with van der Waals surface area (Å²) in [4.78, 5) is 154. The van der Waals surface area contributed by atoms with Crippen LogP contribution in [0.4, 0.5) is 0 Å². The zero-order valence-corrected chi connectivity index (χ0v) is 42.8. The minimum atomic E-state index is -1.85. The predicted molar refractivity (Wildman–Crippen MR) is 270 cm³/mol. The molecule has 0 saturated carbocycles. The Labute approximate surface area is 431 Å². The second-order valence-electron chi connectivity index (χ2n) is 18.2. The molecule has 0 unspecified atom stereocenters. The van der Waals surface area contributed by atoms with Crippen molar-refractivity contribution in [3.8, 4) is 0 Å². The van der Waals surface area contributed by atoms with Gasteiger partial charge in [0, 0.05) is 36.1 Å². The SMILES string of the molecule is CC[C@H](C)[C@H](NC(=O)[C@H](CC(=O)O)NC(=O)[C@H](CC(C)C)NC(=O)[C@H](Cc1c[nH]cn1)NC(=O)[C@H](CC(=O)O)NC(=O)CNC(=O)CC=S)C(=O)N[C@H](C(=O)N[C@@H](Cc1c[nH]c2ccccc12)C(=O)O)[C@@H](C)CC. The molecule has 2 aromatic heterocycles. The number of para-hydroxylation sites is 1. The summed E-state index contributed by atoms with van der Waals surface area (Å²) in [6, 6.07) is -3.56. The van der Waals surface area contributed by atoms with Gasteiger partial charge in [0.05, 0.1) is 37.8 Å². The Morgan fingerprint density at radius 2 is 1.14 bits per heavy atom. The fraction of sp³-hybridized carbons (Fsp3) is 0.521. The highest BCUT2D eigenvalue weighted by molar-refractivity contribution is 7.79. The van der Waals surface area contributed by atoms with E-state index in [1.807, 2.05) is 12.1 Å². The number of hydrogen-bond acceptors (Lipinski definition) is 13. The van der Waals surface area contributed by atoms with Crippen molar-refractivity contribution in [1.29, 1.82) is 0 Å². The molecule has 3 rings (SSSR count). The van der Waals surface area contributed by atoms with Crippen LogP contribution in [0.3, 0.4) is 0 Å². The van der Waals surface area contributed by atoms with Crippen molar-refractivity contribution in [1.82, 2.24) is 57.5 Å². The maximum atomic E-state index is 14.1. The predicted octanol–water partition coefficient (Wildman–Crippen LogP) is -0.252. The molecule has 404 valence electrons. The van der Waals surface area contributed by atoms with Gasteiger partial charge in [-0.1, -0.05) is 84.8 Å². The van der Waals surface area contributed by atoms with Crippen molar-refractivity contribution in [2.24, 2.45) is 17.8 Å². The number of carbonyl (C=O) groups is 11. The number of hydrogen-bond donors (Lipinski definition) is 13. The highest BCUT2D eigenvalue weighted by Gasteiger charge is 2.38. The lowest BCUT2D eigenvalue weighted by Crippen LogP contribution is -2.62. The van der Waals surface area contributed by atoms with Crippen molar-refractivity contribution in [2.75, 3.05) is 6.54 Å². The van der Waals surface area contributed by atoms with Crippen LogP contribution in [0.25, 0.3) is 10.9 Å². The number of thiocarbonyl (C=S) groups is 1. The number of imidazole rings is 1. The molecule has 0 aliphatic rings. The van der Waals surface area contributed by atoms with E-state index in [1.54, 1.807) is 59.9 Å². The van der Waals surface area contributed by atoms with Gasteiger partial charge in [0.1, 0.15) is 42.3 Å². The molecule has 74 heavy (non-hydrogen) atoms. The fourth-order valence-electron chi connectivity index (χ4n) is 7.56. The van der Waals surface area contributed by atoms with E-state index >= 15 is 0 Å². The summed E-state index contributed by atoms with van der Waals surface area (Å²) in [6.45, 7) is 9.51. The monoisotopic (exact) mass is 1050 g/mol. The number of amides is 8. The van der Waals surface area contributed by atoms with E-state index in [9.17, 15) is 68.1 Å². The number of carboxylic acid groups (broad SMARTS) is 3. The number of H-pyrrole nitrogens is 2. The van der Waals surface area contributed by atoms with Gasteiger partial charge in [0.25, 0.3) is 0 Å². The minimum absolute atomic E-state index is 0.0887. The average molecular weight is 1050 g/mol.